The first-order valence-electron chi connectivity index (χ1n) is 9.38. The van der Waals surface area contributed by atoms with E-state index in [1.807, 2.05) is 37.3 Å². The SMILES string of the molecule is COc1ccc(-n2c(C)nnc2C2CCC(Oc3ccccn3)CC2)cc1. The van der Waals surface area contributed by atoms with Crippen LogP contribution < -0.4 is 9.47 Å². The maximum Gasteiger partial charge on any atom is 0.213 e. The second-order valence-electron chi connectivity index (χ2n) is 6.90. The van der Waals surface area contributed by atoms with Gasteiger partial charge in [-0.2, -0.15) is 0 Å². The Morgan fingerprint density at radius 3 is 2.41 bits per heavy atom. The summed E-state index contributed by atoms with van der Waals surface area (Å²) in [6.45, 7) is 2.00. The number of hydrogen-bond acceptors (Lipinski definition) is 5. The molecule has 4 rings (SSSR count). The average molecular weight is 364 g/mol. The molecule has 0 amide bonds. The van der Waals surface area contributed by atoms with Crippen molar-refractivity contribution in [3.05, 3.63) is 60.3 Å². The molecule has 1 aromatic carbocycles. The second-order valence-corrected chi connectivity index (χ2v) is 6.90. The van der Waals surface area contributed by atoms with E-state index in [4.69, 9.17) is 9.47 Å². The smallest absolute Gasteiger partial charge is 0.213 e. The maximum absolute atomic E-state index is 6.02. The van der Waals surface area contributed by atoms with Gasteiger partial charge in [-0.3, -0.25) is 4.57 Å². The molecule has 6 nitrogen and oxygen atoms in total. The number of aromatic nitrogens is 4. The van der Waals surface area contributed by atoms with E-state index in [9.17, 15) is 0 Å². The number of pyridine rings is 1. The van der Waals surface area contributed by atoms with Crippen LogP contribution in [0.5, 0.6) is 11.6 Å². The third-order valence-electron chi connectivity index (χ3n) is 5.15. The Morgan fingerprint density at radius 2 is 1.74 bits per heavy atom. The standard InChI is InChI=1S/C21H24N4O2/c1-15-23-24-21(25(15)17-8-12-18(26-2)13-9-17)16-6-10-19(11-7-16)27-20-5-3-4-14-22-20/h3-5,8-9,12-14,16,19H,6-7,10-11H2,1-2H3. The first kappa shape index (κ1) is 17.5. The minimum absolute atomic E-state index is 0.217. The van der Waals surface area contributed by atoms with Crippen molar-refractivity contribution in [2.24, 2.45) is 0 Å². The number of ether oxygens (including phenoxy) is 2. The normalized spacial score (nSPS) is 19.6. The second kappa shape index (κ2) is 7.78. The number of aryl methyl sites for hydroxylation is 1. The van der Waals surface area contributed by atoms with E-state index < -0.39 is 0 Å². The highest BCUT2D eigenvalue weighted by atomic mass is 16.5. The summed E-state index contributed by atoms with van der Waals surface area (Å²) >= 11 is 0. The molecular weight excluding hydrogens is 340 g/mol. The van der Waals surface area contributed by atoms with Crippen molar-refractivity contribution in [2.75, 3.05) is 7.11 Å². The molecule has 0 N–H and O–H groups in total. The van der Waals surface area contributed by atoms with E-state index in [2.05, 4.69) is 31.9 Å². The van der Waals surface area contributed by atoms with E-state index >= 15 is 0 Å². The Morgan fingerprint density at radius 1 is 0.963 bits per heavy atom. The van der Waals surface area contributed by atoms with E-state index in [1.54, 1.807) is 13.3 Å². The van der Waals surface area contributed by atoms with Gasteiger partial charge in [-0.25, -0.2) is 4.98 Å². The van der Waals surface area contributed by atoms with Gasteiger partial charge in [0.25, 0.3) is 0 Å². The van der Waals surface area contributed by atoms with Gasteiger partial charge in [0.2, 0.25) is 5.88 Å². The summed E-state index contributed by atoms with van der Waals surface area (Å²) in [6, 6.07) is 13.8. The molecule has 0 saturated heterocycles. The van der Waals surface area contributed by atoms with E-state index in [0.29, 0.717) is 11.8 Å². The lowest BCUT2D eigenvalue weighted by molar-refractivity contribution is 0.139. The summed E-state index contributed by atoms with van der Waals surface area (Å²) in [5.74, 6) is 3.88. The molecule has 0 atom stereocenters. The zero-order valence-corrected chi connectivity index (χ0v) is 15.7. The van der Waals surface area contributed by atoms with Crippen LogP contribution in [-0.2, 0) is 0 Å². The lowest BCUT2D eigenvalue weighted by Crippen LogP contribution is -2.25. The lowest BCUT2D eigenvalue weighted by atomic mass is 9.86. The predicted molar refractivity (Wildman–Crippen MR) is 103 cm³/mol. The molecule has 6 heteroatoms. The zero-order valence-electron chi connectivity index (χ0n) is 15.7. The fraction of sp³-hybridized carbons (Fsp3) is 0.381. The lowest BCUT2D eigenvalue weighted by Gasteiger charge is -2.28. The Hall–Kier alpha value is -2.89. The molecule has 1 fully saturated rings. The van der Waals surface area contributed by atoms with Crippen LogP contribution in [0, 0.1) is 6.92 Å². The molecule has 1 aliphatic carbocycles. The highest BCUT2D eigenvalue weighted by Crippen LogP contribution is 2.35. The van der Waals surface area contributed by atoms with E-state index in [0.717, 1.165) is 48.8 Å². The monoisotopic (exact) mass is 364 g/mol. The number of methoxy groups -OCH3 is 1. The number of nitrogens with zero attached hydrogens (tertiary/aromatic N) is 4. The van der Waals surface area contributed by atoms with Crippen molar-refractivity contribution in [3.8, 4) is 17.3 Å². The van der Waals surface area contributed by atoms with Gasteiger partial charge < -0.3 is 9.47 Å². The van der Waals surface area contributed by atoms with Gasteiger partial charge in [-0.05, 0) is 62.9 Å². The van der Waals surface area contributed by atoms with Crippen molar-refractivity contribution < 1.29 is 9.47 Å². The van der Waals surface area contributed by atoms with Crippen LogP contribution in [0.2, 0.25) is 0 Å². The highest BCUT2D eigenvalue weighted by Gasteiger charge is 2.28. The van der Waals surface area contributed by atoms with Crippen LogP contribution in [-0.4, -0.2) is 33.0 Å². The topological polar surface area (TPSA) is 62.1 Å². The van der Waals surface area contributed by atoms with Crippen LogP contribution in [0.3, 0.4) is 0 Å². The van der Waals surface area contributed by atoms with Crippen LogP contribution in [0.4, 0.5) is 0 Å². The minimum atomic E-state index is 0.217. The van der Waals surface area contributed by atoms with Crippen LogP contribution in [0.1, 0.15) is 43.3 Å². The van der Waals surface area contributed by atoms with Gasteiger partial charge in [0.15, 0.2) is 0 Å². The molecule has 2 heterocycles. The number of benzene rings is 1. The largest absolute Gasteiger partial charge is 0.497 e. The maximum atomic E-state index is 6.02. The minimum Gasteiger partial charge on any atom is -0.497 e. The molecule has 0 unspecified atom stereocenters. The Balaban J connectivity index is 1.47. The Bertz CT molecular complexity index is 869. The van der Waals surface area contributed by atoms with Crippen molar-refractivity contribution >= 4 is 0 Å². The average Bonchev–Trinajstić information content (AvgIpc) is 3.11. The molecule has 0 aliphatic heterocycles. The molecule has 0 bridgehead atoms. The summed E-state index contributed by atoms with van der Waals surface area (Å²) in [6.07, 6.45) is 6.04. The first-order chi connectivity index (χ1) is 13.2. The molecule has 1 aliphatic rings. The van der Waals surface area contributed by atoms with E-state index in [1.165, 1.54) is 0 Å². The first-order valence-corrected chi connectivity index (χ1v) is 9.38. The Kier molecular flexibility index (Phi) is 5.05. The highest BCUT2D eigenvalue weighted by molar-refractivity contribution is 5.39. The zero-order chi connectivity index (χ0) is 18.6. The Labute approximate surface area is 159 Å². The molecule has 0 spiro atoms. The van der Waals surface area contributed by atoms with Crippen molar-refractivity contribution in [3.63, 3.8) is 0 Å². The predicted octanol–water partition coefficient (Wildman–Crippen LogP) is 4.08. The molecule has 3 aromatic rings. The van der Waals surface area contributed by atoms with Gasteiger partial charge >= 0.3 is 0 Å². The van der Waals surface area contributed by atoms with Crippen molar-refractivity contribution in [1.29, 1.82) is 0 Å². The summed E-state index contributed by atoms with van der Waals surface area (Å²) in [5.41, 5.74) is 1.07. The molecule has 0 radical (unpaired) electrons. The van der Waals surface area contributed by atoms with Crippen molar-refractivity contribution in [1.82, 2.24) is 19.7 Å². The van der Waals surface area contributed by atoms with Gasteiger partial charge in [0.1, 0.15) is 23.5 Å². The summed E-state index contributed by atoms with van der Waals surface area (Å²) in [7, 11) is 1.68. The number of hydrogen-bond donors (Lipinski definition) is 0. The van der Waals surface area contributed by atoms with Crippen molar-refractivity contribution in [2.45, 2.75) is 44.6 Å². The third-order valence-corrected chi connectivity index (χ3v) is 5.15. The fourth-order valence-corrected chi connectivity index (χ4v) is 3.72. The summed E-state index contributed by atoms with van der Waals surface area (Å²) in [5, 5.41) is 8.83. The van der Waals surface area contributed by atoms with Gasteiger partial charge in [-0.1, -0.05) is 6.07 Å². The molecular formula is C21H24N4O2. The molecule has 27 heavy (non-hydrogen) atoms. The van der Waals surface area contributed by atoms with Crippen LogP contribution >= 0.6 is 0 Å². The molecule has 1 saturated carbocycles. The van der Waals surface area contributed by atoms with E-state index in [-0.39, 0.29) is 6.10 Å². The van der Waals surface area contributed by atoms with Gasteiger partial charge in [0.05, 0.1) is 7.11 Å². The van der Waals surface area contributed by atoms with Gasteiger partial charge in [-0.15, -0.1) is 10.2 Å². The van der Waals surface area contributed by atoms with Gasteiger partial charge in [0, 0.05) is 23.9 Å². The fourth-order valence-electron chi connectivity index (χ4n) is 3.72. The molecule has 140 valence electrons. The summed E-state index contributed by atoms with van der Waals surface area (Å²) in [4.78, 5) is 4.26. The van der Waals surface area contributed by atoms with Crippen LogP contribution in [0.15, 0.2) is 48.7 Å². The quantitative estimate of drug-likeness (QED) is 0.682. The number of rotatable bonds is 5. The molecule has 2 aromatic heterocycles. The van der Waals surface area contributed by atoms with Crippen LogP contribution in [0.25, 0.3) is 5.69 Å². The third kappa shape index (κ3) is 3.79. The summed E-state index contributed by atoms with van der Waals surface area (Å²) < 4.78 is 13.4.